The lowest BCUT2D eigenvalue weighted by atomic mass is 10.1. The number of carbonyl (C=O) groups excluding carboxylic acids is 2. The van der Waals surface area contributed by atoms with Gasteiger partial charge in [0.1, 0.15) is 36.9 Å². The lowest BCUT2D eigenvalue weighted by Crippen LogP contribution is -2.25. The monoisotopic (exact) mass is 530 g/mol. The molecule has 37 heavy (non-hydrogen) atoms. The highest BCUT2D eigenvalue weighted by molar-refractivity contribution is 6.33. The van der Waals surface area contributed by atoms with Crippen LogP contribution in [0.3, 0.4) is 0 Å². The number of hydrogen-bond donors (Lipinski definition) is 0. The molecule has 2 aromatic carbocycles. The largest absolute Gasteiger partial charge is 0.489 e. The fourth-order valence-corrected chi connectivity index (χ4v) is 4.18. The summed E-state index contributed by atoms with van der Waals surface area (Å²) in [7, 11) is 0. The topological polar surface area (TPSA) is 71.1 Å². The second-order valence-electron chi connectivity index (χ2n) is 8.87. The van der Waals surface area contributed by atoms with Gasteiger partial charge < -0.3 is 18.9 Å². The number of hydrogen-bond acceptors (Lipinski definition) is 6. The highest BCUT2D eigenvalue weighted by Gasteiger charge is 2.19. The lowest BCUT2D eigenvalue weighted by molar-refractivity contribution is -0.145. The van der Waals surface area contributed by atoms with E-state index in [1.807, 2.05) is 24.3 Å². The second-order valence-corrected chi connectivity index (χ2v) is 9.28. The van der Waals surface area contributed by atoms with E-state index in [0.717, 1.165) is 61.4 Å². The minimum Gasteiger partial charge on any atom is -0.489 e. The summed E-state index contributed by atoms with van der Waals surface area (Å²) < 4.78 is 23.2. The van der Waals surface area contributed by atoms with E-state index in [1.165, 1.54) is 0 Å². The molecular weight excluding hydrogens is 492 g/mol. The molecule has 0 spiro atoms. The normalized spacial score (nSPS) is 12.4. The van der Waals surface area contributed by atoms with Gasteiger partial charge in [-0.05, 0) is 25.7 Å². The maximum Gasteiger partial charge on any atom is 0.330 e. The first kappa shape index (κ1) is 30.2. The average molecular weight is 531 g/mol. The molecule has 0 saturated heterocycles. The van der Waals surface area contributed by atoms with Crippen LogP contribution >= 0.6 is 11.6 Å². The van der Waals surface area contributed by atoms with Gasteiger partial charge in [-0.15, -0.1) is 0 Å². The molecule has 0 amide bonds. The maximum absolute atomic E-state index is 11.8. The molecule has 0 radical (unpaired) electrons. The van der Waals surface area contributed by atoms with Crippen molar-refractivity contribution in [2.24, 2.45) is 0 Å². The summed E-state index contributed by atoms with van der Waals surface area (Å²) >= 11 is 6.65. The van der Waals surface area contributed by atoms with Gasteiger partial charge in [-0.1, -0.05) is 88.6 Å². The van der Waals surface area contributed by atoms with Crippen molar-refractivity contribution in [3.05, 3.63) is 60.7 Å². The van der Waals surface area contributed by atoms with Crippen LogP contribution in [0.25, 0.3) is 10.8 Å². The van der Waals surface area contributed by atoms with E-state index in [2.05, 4.69) is 27.0 Å². The van der Waals surface area contributed by atoms with E-state index >= 15 is 0 Å². The lowest BCUT2D eigenvalue weighted by Gasteiger charge is -2.21. The molecule has 0 aliphatic heterocycles. The summed E-state index contributed by atoms with van der Waals surface area (Å²) in [6.07, 6.45) is 8.96. The Bertz CT molecular complexity index is 1030. The minimum absolute atomic E-state index is 0.171. The van der Waals surface area contributed by atoms with Crippen LogP contribution < -0.4 is 9.47 Å². The first-order chi connectivity index (χ1) is 17.9. The van der Waals surface area contributed by atoms with Gasteiger partial charge in [0.05, 0.1) is 5.02 Å². The van der Waals surface area contributed by atoms with Crippen molar-refractivity contribution in [1.82, 2.24) is 0 Å². The van der Waals surface area contributed by atoms with Gasteiger partial charge in [0, 0.05) is 29.0 Å². The third-order valence-corrected chi connectivity index (χ3v) is 6.19. The van der Waals surface area contributed by atoms with Crippen LogP contribution in [0.1, 0.15) is 65.2 Å². The fraction of sp³-hybridized carbons (Fsp3) is 0.467. The number of unbranched alkanes of at least 4 members (excludes halogenated alkanes) is 4. The van der Waals surface area contributed by atoms with E-state index in [-0.39, 0.29) is 13.2 Å². The van der Waals surface area contributed by atoms with Gasteiger partial charge >= 0.3 is 11.9 Å². The quantitative estimate of drug-likeness (QED) is 0.112. The summed E-state index contributed by atoms with van der Waals surface area (Å²) in [5, 5.41) is 1.97. The number of carbonyl (C=O) groups is 2. The SMILES string of the molecule is C=CC(=O)OC(CCCCC)COc1cc(Cl)c(OCC(CCCCC)OC(=O)C=C)c2ccccc12. The van der Waals surface area contributed by atoms with Crippen LogP contribution in [-0.2, 0) is 19.1 Å². The predicted molar refractivity (Wildman–Crippen MR) is 148 cm³/mol. The molecule has 0 heterocycles. The van der Waals surface area contributed by atoms with Crippen molar-refractivity contribution in [3.63, 3.8) is 0 Å². The summed E-state index contributed by atoms with van der Waals surface area (Å²) in [6, 6.07) is 9.33. The van der Waals surface area contributed by atoms with Gasteiger partial charge in [0.15, 0.2) is 0 Å². The van der Waals surface area contributed by atoms with Crippen molar-refractivity contribution in [1.29, 1.82) is 0 Å². The zero-order chi connectivity index (χ0) is 27.0. The van der Waals surface area contributed by atoms with Gasteiger partial charge in [-0.3, -0.25) is 0 Å². The highest BCUT2D eigenvalue weighted by atomic mass is 35.5. The molecule has 2 aromatic rings. The summed E-state index contributed by atoms with van der Waals surface area (Å²) in [4.78, 5) is 23.6. The molecule has 0 aliphatic carbocycles. The number of esters is 2. The Balaban J connectivity index is 2.21. The van der Waals surface area contributed by atoms with Crippen molar-refractivity contribution in [2.45, 2.75) is 77.4 Å². The molecule has 0 saturated carbocycles. The zero-order valence-electron chi connectivity index (χ0n) is 22.0. The van der Waals surface area contributed by atoms with Gasteiger partial charge in [0.2, 0.25) is 0 Å². The predicted octanol–water partition coefficient (Wildman–Crippen LogP) is 7.61. The zero-order valence-corrected chi connectivity index (χ0v) is 22.8. The molecule has 0 bridgehead atoms. The van der Waals surface area contributed by atoms with Crippen LogP contribution in [0.2, 0.25) is 5.02 Å². The fourth-order valence-electron chi connectivity index (χ4n) is 3.93. The van der Waals surface area contributed by atoms with Crippen LogP contribution in [0, 0.1) is 0 Å². The molecular formula is C30H39ClO6. The van der Waals surface area contributed by atoms with Crippen molar-refractivity contribution in [2.75, 3.05) is 13.2 Å². The second kappa shape index (κ2) is 16.7. The van der Waals surface area contributed by atoms with Gasteiger partial charge in [-0.2, -0.15) is 0 Å². The molecule has 0 aromatic heterocycles. The first-order valence-corrected chi connectivity index (χ1v) is 13.4. The Morgan fingerprint density at radius 3 is 1.86 bits per heavy atom. The molecule has 0 fully saturated rings. The van der Waals surface area contributed by atoms with Gasteiger partial charge in [-0.25, -0.2) is 9.59 Å². The Morgan fingerprint density at radius 1 is 0.838 bits per heavy atom. The Labute approximate surface area is 225 Å². The van der Waals surface area contributed by atoms with E-state index < -0.39 is 24.1 Å². The first-order valence-electron chi connectivity index (χ1n) is 13.1. The average Bonchev–Trinajstić information content (AvgIpc) is 2.90. The molecule has 6 nitrogen and oxygen atoms in total. The van der Waals surface area contributed by atoms with Gasteiger partial charge in [0.25, 0.3) is 0 Å². The van der Waals surface area contributed by atoms with Crippen LogP contribution in [-0.4, -0.2) is 37.4 Å². The Morgan fingerprint density at radius 2 is 1.35 bits per heavy atom. The molecule has 2 unspecified atom stereocenters. The third kappa shape index (κ3) is 10.1. The maximum atomic E-state index is 11.8. The van der Waals surface area contributed by atoms with Crippen LogP contribution in [0.5, 0.6) is 11.5 Å². The number of benzene rings is 2. The number of fused-ring (bicyclic) bond motifs is 1. The number of rotatable bonds is 18. The summed E-state index contributed by atoms with van der Waals surface area (Å²) in [5.41, 5.74) is 0. The van der Waals surface area contributed by atoms with Crippen molar-refractivity contribution >= 4 is 34.3 Å². The molecule has 202 valence electrons. The minimum atomic E-state index is -0.476. The van der Waals surface area contributed by atoms with E-state index in [0.29, 0.717) is 29.4 Å². The van der Waals surface area contributed by atoms with E-state index in [1.54, 1.807) is 6.07 Å². The van der Waals surface area contributed by atoms with E-state index in [9.17, 15) is 9.59 Å². The Kier molecular flexibility index (Phi) is 13.6. The molecule has 2 rings (SSSR count). The standard InChI is InChI=1S/C30H39ClO6/c1-5-9-11-15-22(36-28(32)7-3)20-34-27-19-26(31)30(25-18-14-13-17-24(25)27)35-21-23(16-12-10-6-2)37-29(33)8-4/h7-8,13-14,17-19,22-23H,3-6,9-12,15-16,20-21H2,1-2H3. The molecule has 0 aliphatic rings. The van der Waals surface area contributed by atoms with Crippen molar-refractivity contribution in [3.8, 4) is 11.5 Å². The number of halogens is 1. The van der Waals surface area contributed by atoms with Crippen LogP contribution in [0.4, 0.5) is 0 Å². The highest BCUT2D eigenvalue weighted by Crippen LogP contribution is 2.40. The summed E-state index contributed by atoms with van der Waals surface area (Å²) in [6.45, 7) is 11.6. The summed E-state index contributed by atoms with van der Waals surface area (Å²) in [5.74, 6) is 0.121. The third-order valence-electron chi connectivity index (χ3n) is 5.91. The van der Waals surface area contributed by atoms with Crippen LogP contribution in [0.15, 0.2) is 55.6 Å². The van der Waals surface area contributed by atoms with Crippen molar-refractivity contribution < 1.29 is 28.5 Å². The number of ether oxygens (including phenoxy) is 4. The molecule has 0 N–H and O–H groups in total. The Hall–Kier alpha value is -2.99. The smallest absolute Gasteiger partial charge is 0.330 e. The van der Waals surface area contributed by atoms with E-state index in [4.69, 9.17) is 30.5 Å². The molecule has 7 heteroatoms. The molecule has 2 atom stereocenters.